The first-order valence-corrected chi connectivity index (χ1v) is 10.5. The highest BCUT2D eigenvalue weighted by Gasteiger charge is 2.49. The smallest absolute Gasteiger partial charge is 0.310 e. The van der Waals surface area contributed by atoms with E-state index in [4.69, 9.17) is 4.74 Å². The number of esters is 1. The number of nitrogens with zero attached hydrogens (tertiary/aromatic N) is 1. The molecule has 3 heterocycles. The van der Waals surface area contributed by atoms with Crippen molar-refractivity contribution in [2.75, 3.05) is 14.2 Å². The van der Waals surface area contributed by atoms with Crippen molar-refractivity contribution in [1.82, 2.24) is 4.90 Å². The lowest BCUT2D eigenvalue weighted by Gasteiger charge is -2.41. The minimum Gasteiger partial charge on any atom is -0.469 e. The molecule has 2 saturated heterocycles. The molecular weight excluding hydrogens is 398 g/mol. The van der Waals surface area contributed by atoms with Crippen LogP contribution in [-0.4, -0.2) is 37.1 Å². The molecule has 0 amide bonds. The van der Waals surface area contributed by atoms with Gasteiger partial charge in [0.05, 0.1) is 13.0 Å². The molecule has 0 spiro atoms. The molecule has 3 nitrogen and oxygen atoms in total. The van der Waals surface area contributed by atoms with Crippen LogP contribution in [0.1, 0.15) is 30.7 Å². The molecule has 0 aliphatic carbocycles. The lowest BCUT2D eigenvalue weighted by Crippen LogP contribution is -2.49. The van der Waals surface area contributed by atoms with Crippen molar-refractivity contribution in [3.8, 4) is 11.1 Å². The number of methoxy groups -OCH3 is 1. The topological polar surface area (TPSA) is 29.5 Å². The Morgan fingerprint density at radius 1 is 1.24 bits per heavy atom. The van der Waals surface area contributed by atoms with Gasteiger partial charge in [-0.3, -0.25) is 9.69 Å². The van der Waals surface area contributed by atoms with Crippen molar-refractivity contribution in [3.05, 3.63) is 45.1 Å². The lowest BCUT2D eigenvalue weighted by molar-refractivity contribution is -0.150. The van der Waals surface area contributed by atoms with Gasteiger partial charge in [0, 0.05) is 33.4 Å². The van der Waals surface area contributed by atoms with Crippen LogP contribution in [-0.2, 0) is 9.53 Å². The number of piperidine rings is 1. The molecule has 2 aromatic rings. The molecule has 0 radical (unpaired) electrons. The van der Waals surface area contributed by atoms with Crippen molar-refractivity contribution in [2.24, 2.45) is 5.92 Å². The molecule has 25 heavy (non-hydrogen) atoms. The van der Waals surface area contributed by atoms with Gasteiger partial charge < -0.3 is 4.74 Å². The Morgan fingerprint density at radius 2 is 2.00 bits per heavy atom. The standard InChI is InChI=1S/C20H22BrNO2S/c1-22-14-7-8-18(22)19(20(23)24-2)15(9-14)12-3-5-13(6-4-12)16-10-25-11-17(16)21/h3-6,10-11,14-15,18-19H,7-9H2,1-2H3/t14?,15-,18?,19+/m1/s1. The van der Waals surface area contributed by atoms with Crippen molar-refractivity contribution in [1.29, 1.82) is 0 Å². The summed E-state index contributed by atoms with van der Waals surface area (Å²) in [5.74, 6) is 0.125. The van der Waals surface area contributed by atoms with Gasteiger partial charge in [0.2, 0.25) is 0 Å². The van der Waals surface area contributed by atoms with Gasteiger partial charge >= 0.3 is 5.97 Å². The Balaban J connectivity index is 1.65. The second kappa shape index (κ2) is 6.86. The number of thiophene rings is 1. The zero-order valence-electron chi connectivity index (χ0n) is 14.4. The molecule has 2 fully saturated rings. The van der Waals surface area contributed by atoms with Crippen molar-refractivity contribution in [2.45, 2.75) is 37.3 Å². The van der Waals surface area contributed by atoms with Crippen LogP contribution < -0.4 is 0 Å². The summed E-state index contributed by atoms with van der Waals surface area (Å²) in [4.78, 5) is 14.9. The van der Waals surface area contributed by atoms with E-state index in [2.05, 4.69) is 62.9 Å². The summed E-state index contributed by atoms with van der Waals surface area (Å²) in [6, 6.07) is 9.65. The highest BCUT2D eigenvalue weighted by atomic mass is 79.9. The van der Waals surface area contributed by atoms with E-state index in [0.29, 0.717) is 12.1 Å². The zero-order chi connectivity index (χ0) is 17.6. The van der Waals surface area contributed by atoms with Gasteiger partial charge in [-0.1, -0.05) is 24.3 Å². The second-order valence-electron chi connectivity index (χ2n) is 7.11. The average molecular weight is 420 g/mol. The first kappa shape index (κ1) is 17.3. The number of ether oxygens (including phenoxy) is 1. The minimum atomic E-state index is -0.0631. The van der Waals surface area contributed by atoms with E-state index in [1.165, 1.54) is 30.2 Å². The molecular formula is C20H22BrNO2S. The first-order valence-electron chi connectivity index (χ1n) is 8.72. The third-order valence-electron chi connectivity index (χ3n) is 6.01. The van der Waals surface area contributed by atoms with Crippen LogP contribution in [0.4, 0.5) is 0 Å². The van der Waals surface area contributed by atoms with Crippen LogP contribution in [0.15, 0.2) is 39.5 Å². The summed E-state index contributed by atoms with van der Waals surface area (Å²) in [5.41, 5.74) is 3.70. The van der Waals surface area contributed by atoms with E-state index in [1.807, 2.05) is 0 Å². The molecule has 0 N–H and O–H groups in total. The summed E-state index contributed by atoms with van der Waals surface area (Å²) in [7, 11) is 3.67. The van der Waals surface area contributed by atoms with Gasteiger partial charge in [0.1, 0.15) is 0 Å². The predicted molar refractivity (Wildman–Crippen MR) is 105 cm³/mol. The van der Waals surface area contributed by atoms with Gasteiger partial charge in [-0.25, -0.2) is 0 Å². The van der Waals surface area contributed by atoms with Crippen molar-refractivity contribution >= 4 is 33.2 Å². The van der Waals surface area contributed by atoms with Crippen LogP contribution in [0.5, 0.6) is 0 Å². The maximum atomic E-state index is 12.5. The third kappa shape index (κ3) is 2.96. The fraction of sp³-hybridized carbons (Fsp3) is 0.450. The maximum absolute atomic E-state index is 12.5. The van der Waals surface area contributed by atoms with E-state index in [-0.39, 0.29) is 17.8 Å². The molecule has 1 aromatic carbocycles. The van der Waals surface area contributed by atoms with Gasteiger partial charge in [0.15, 0.2) is 0 Å². The van der Waals surface area contributed by atoms with E-state index < -0.39 is 0 Å². The fourth-order valence-electron chi connectivity index (χ4n) is 4.66. The monoisotopic (exact) mass is 419 g/mol. The summed E-state index contributed by atoms with van der Waals surface area (Å²) >= 11 is 5.31. The Kier molecular flexibility index (Phi) is 4.73. The fourth-order valence-corrected chi connectivity index (χ4v) is 6.20. The Morgan fingerprint density at radius 3 is 2.64 bits per heavy atom. The Hall–Kier alpha value is -1.17. The normalized spacial score (nSPS) is 28.9. The van der Waals surface area contributed by atoms with E-state index in [1.54, 1.807) is 11.3 Å². The highest BCUT2D eigenvalue weighted by molar-refractivity contribution is 9.10. The zero-order valence-corrected chi connectivity index (χ0v) is 16.8. The van der Waals surface area contributed by atoms with Crippen LogP contribution in [0.25, 0.3) is 11.1 Å². The largest absolute Gasteiger partial charge is 0.469 e. The molecule has 4 atom stereocenters. The van der Waals surface area contributed by atoms with E-state index in [9.17, 15) is 4.79 Å². The number of carbonyl (C=O) groups is 1. The second-order valence-corrected chi connectivity index (χ2v) is 8.71. The SMILES string of the molecule is COC(=O)[C@@H]1C2CCC(C[C@@H]1c1ccc(-c3cscc3Br)cc1)N2C. The van der Waals surface area contributed by atoms with Crippen LogP contribution in [0.3, 0.4) is 0 Å². The number of carbonyl (C=O) groups excluding carboxylic acids is 1. The Bertz CT molecular complexity index is 772. The molecule has 1 aromatic heterocycles. The maximum Gasteiger partial charge on any atom is 0.310 e. The number of rotatable bonds is 3. The van der Waals surface area contributed by atoms with Gasteiger partial charge in [-0.05, 0) is 58.7 Å². The van der Waals surface area contributed by atoms with Crippen molar-refractivity contribution < 1.29 is 9.53 Å². The molecule has 132 valence electrons. The van der Waals surface area contributed by atoms with E-state index in [0.717, 1.165) is 17.3 Å². The highest BCUT2D eigenvalue weighted by Crippen LogP contribution is 2.47. The van der Waals surface area contributed by atoms with Crippen LogP contribution in [0, 0.1) is 5.92 Å². The number of halogens is 1. The minimum absolute atomic E-state index is 0.0625. The summed E-state index contributed by atoms with van der Waals surface area (Å²) in [6.45, 7) is 0. The number of benzene rings is 1. The Labute approximate surface area is 161 Å². The average Bonchev–Trinajstić information content (AvgIpc) is 3.14. The molecule has 2 aliphatic rings. The third-order valence-corrected chi connectivity index (χ3v) is 7.71. The number of fused-ring (bicyclic) bond motifs is 2. The van der Waals surface area contributed by atoms with Gasteiger partial charge in [0.25, 0.3) is 0 Å². The number of hydrogen-bond acceptors (Lipinski definition) is 4. The van der Waals surface area contributed by atoms with Gasteiger partial charge in [-0.2, -0.15) is 11.3 Å². The predicted octanol–water partition coefficient (Wildman–Crippen LogP) is 4.92. The molecule has 0 saturated carbocycles. The molecule has 2 unspecified atom stereocenters. The molecule has 5 heteroatoms. The van der Waals surface area contributed by atoms with E-state index >= 15 is 0 Å². The number of hydrogen-bond donors (Lipinski definition) is 0. The summed E-state index contributed by atoms with van der Waals surface area (Å²) < 4.78 is 6.30. The summed E-state index contributed by atoms with van der Waals surface area (Å²) in [5, 5.41) is 4.26. The molecule has 2 bridgehead atoms. The molecule has 2 aliphatic heterocycles. The molecule has 4 rings (SSSR count). The first-order chi connectivity index (χ1) is 12.1. The lowest BCUT2D eigenvalue weighted by atomic mass is 9.76. The van der Waals surface area contributed by atoms with Gasteiger partial charge in [-0.15, -0.1) is 0 Å². The van der Waals surface area contributed by atoms with Crippen LogP contribution >= 0.6 is 27.3 Å². The quantitative estimate of drug-likeness (QED) is 0.661. The van der Waals surface area contributed by atoms with Crippen LogP contribution in [0.2, 0.25) is 0 Å². The summed E-state index contributed by atoms with van der Waals surface area (Å²) in [6.07, 6.45) is 3.32. The van der Waals surface area contributed by atoms with Crippen molar-refractivity contribution in [3.63, 3.8) is 0 Å².